The monoisotopic (exact) mass is 659 g/mol. The van der Waals surface area contributed by atoms with Crippen LogP contribution in [0.15, 0.2) is 102 Å². The van der Waals surface area contributed by atoms with Crippen molar-refractivity contribution in [2.24, 2.45) is 0 Å². The molecule has 4 aromatic carbocycles. The van der Waals surface area contributed by atoms with Crippen LogP contribution in [0.2, 0.25) is 5.02 Å². The Bertz CT molecular complexity index is 1770. The number of anilines is 1. The average molecular weight is 660 g/mol. The minimum Gasteiger partial charge on any atom is -0.350 e. The summed E-state index contributed by atoms with van der Waals surface area (Å²) in [6.07, 6.45) is 0.233. The SMILES string of the molecule is Cc1ccc(S(=O)(=O)N(CC(=O)N(Cc2ccc(Cl)cc2)[C@H](Cc2ccccc2)C(=O)NC(C)(C)C)c2ccc(C)c(C)c2)cc1. The van der Waals surface area contributed by atoms with Gasteiger partial charge in [0.25, 0.3) is 10.0 Å². The number of nitrogens with one attached hydrogen (secondary N) is 1. The topological polar surface area (TPSA) is 86.8 Å². The molecule has 0 aliphatic rings. The molecular weight excluding hydrogens is 618 g/mol. The normalized spacial score (nSPS) is 12.3. The van der Waals surface area contributed by atoms with Gasteiger partial charge >= 0.3 is 0 Å². The Morgan fingerprint density at radius 1 is 0.804 bits per heavy atom. The summed E-state index contributed by atoms with van der Waals surface area (Å²) < 4.78 is 29.6. The van der Waals surface area contributed by atoms with Crippen LogP contribution in [0.3, 0.4) is 0 Å². The molecule has 0 radical (unpaired) electrons. The van der Waals surface area contributed by atoms with Gasteiger partial charge in [-0.05, 0) is 100 Å². The fraction of sp³-hybridized carbons (Fsp3) is 0.297. The molecule has 46 heavy (non-hydrogen) atoms. The molecular formula is C37H42ClN3O4S. The van der Waals surface area contributed by atoms with E-state index in [0.717, 1.165) is 32.1 Å². The number of benzene rings is 4. The minimum absolute atomic E-state index is 0.0659. The average Bonchev–Trinajstić information content (AvgIpc) is 2.99. The van der Waals surface area contributed by atoms with Crippen molar-refractivity contribution in [3.8, 4) is 0 Å². The van der Waals surface area contributed by atoms with E-state index in [-0.39, 0.29) is 23.8 Å². The minimum atomic E-state index is -4.17. The molecule has 0 unspecified atom stereocenters. The van der Waals surface area contributed by atoms with Crippen LogP contribution in [-0.4, -0.2) is 43.3 Å². The summed E-state index contributed by atoms with van der Waals surface area (Å²) in [5, 5.41) is 3.58. The first-order valence-electron chi connectivity index (χ1n) is 15.2. The van der Waals surface area contributed by atoms with Gasteiger partial charge in [-0.15, -0.1) is 0 Å². The second-order valence-electron chi connectivity index (χ2n) is 12.7. The molecule has 0 bridgehead atoms. The number of carbonyl (C=O) groups excluding carboxylic acids is 2. The van der Waals surface area contributed by atoms with Gasteiger partial charge in [0.05, 0.1) is 10.6 Å². The summed E-state index contributed by atoms with van der Waals surface area (Å²) in [5.41, 5.74) is 4.20. The predicted octanol–water partition coefficient (Wildman–Crippen LogP) is 7.02. The van der Waals surface area contributed by atoms with Crippen LogP contribution in [0, 0.1) is 20.8 Å². The Kier molecular flexibility index (Phi) is 11.0. The van der Waals surface area contributed by atoms with Gasteiger partial charge in [0, 0.05) is 23.5 Å². The van der Waals surface area contributed by atoms with E-state index in [1.165, 1.54) is 4.90 Å². The van der Waals surface area contributed by atoms with Crippen molar-refractivity contribution in [1.82, 2.24) is 10.2 Å². The van der Waals surface area contributed by atoms with E-state index in [1.807, 2.05) is 77.9 Å². The summed E-state index contributed by atoms with van der Waals surface area (Å²) >= 11 is 6.16. The van der Waals surface area contributed by atoms with Gasteiger partial charge in [0.15, 0.2) is 0 Å². The molecule has 2 amide bonds. The molecule has 4 aromatic rings. The van der Waals surface area contributed by atoms with Crippen molar-refractivity contribution in [3.05, 3.63) is 130 Å². The summed E-state index contributed by atoms with van der Waals surface area (Å²) in [7, 11) is -4.17. The Balaban J connectivity index is 1.83. The van der Waals surface area contributed by atoms with Crippen molar-refractivity contribution >= 4 is 39.1 Å². The fourth-order valence-corrected chi connectivity index (χ4v) is 6.57. The number of aryl methyl sites for hydroxylation is 3. The van der Waals surface area contributed by atoms with Gasteiger partial charge in [0.1, 0.15) is 12.6 Å². The molecule has 0 aromatic heterocycles. The number of hydrogen-bond acceptors (Lipinski definition) is 4. The maximum Gasteiger partial charge on any atom is 0.264 e. The van der Waals surface area contributed by atoms with Gasteiger partial charge < -0.3 is 10.2 Å². The van der Waals surface area contributed by atoms with Gasteiger partial charge in [-0.3, -0.25) is 13.9 Å². The first-order valence-corrected chi connectivity index (χ1v) is 17.0. The number of amides is 2. The molecule has 7 nitrogen and oxygen atoms in total. The Morgan fingerprint density at radius 3 is 2.02 bits per heavy atom. The van der Waals surface area contributed by atoms with Crippen LogP contribution < -0.4 is 9.62 Å². The third kappa shape index (κ3) is 8.98. The standard InChI is InChI=1S/C37H42ClN3O4S/c1-26-12-20-33(21-13-26)46(44,45)41(32-19-14-27(2)28(3)22-32)25-35(42)40(24-30-15-17-31(38)18-16-30)34(36(43)39-37(4,5)6)23-29-10-8-7-9-11-29/h7-22,34H,23-25H2,1-6H3,(H,39,43)/t34-/m1/s1. The lowest BCUT2D eigenvalue weighted by molar-refractivity contribution is -0.140. The highest BCUT2D eigenvalue weighted by molar-refractivity contribution is 7.92. The molecule has 1 N–H and O–H groups in total. The lowest BCUT2D eigenvalue weighted by Crippen LogP contribution is -2.56. The lowest BCUT2D eigenvalue weighted by atomic mass is 10.0. The van der Waals surface area contributed by atoms with Gasteiger partial charge in [0.2, 0.25) is 11.8 Å². The number of hydrogen-bond donors (Lipinski definition) is 1. The third-order valence-electron chi connectivity index (χ3n) is 7.70. The van der Waals surface area contributed by atoms with E-state index in [9.17, 15) is 18.0 Å². The quantitative estimate of drug-likeness (QED) is 0.188. The highest BCUT2D eigenvalue weighted by Crippen LogP contribution is 2.27. The summed E-state index contributed by atoms with van der Waals surface area (Å²) in [6, 6.07) is 27.5. The van der Waals surface area contributed by atoms with Crippen LogP contribution in [0.5, 0.6) is 0 Å². The maximum atomic E-state index is 14.6. The third-order valence-corrected chi connectivity index (χ3v) is 9.74. The van der Waals surface area contributed by atoms with Gasteiger partial charge in [-0.2, -0.15) is 0 Å². The maximum absolute atomic E-state index is 14.6. The molecule has 0 saturated carbocycles. The highest BCUT2D eigenvalue weighted by Gasteiger charge is 2.35. The molecule has 0 heterocycles. The van der Waals surface area contributed by atoms with Crippen LogP contribution in [0.4, 0.5) is 5.69 Å². The molecule has 0 spiro atoms. The smallest absolute Gasteiger partial charge is 0.264 e. The lowest BCUT2D eigenvalue weighted by Gasteiger charge is -2.35. The van der Waals surface area contributed by atoms with Gasteiger partial charge in [-0.1, -0.05) is 77.8 Å². The van der Waals surface area contributed by atoms with E-state index >= 15 is 0 Å². The summed E-state index contributed by atoms with van der Waals surface area (Å²) in [6.45, 7) is 10.9. The van der Waals surface area contributed by atoms with Crippen molar-refractivity contribution in [3.63, 3.8) is 0 Å². The molecule has 0 aliphatic heterocycles. The van der Waals surface area contributed by atoms with E-state index in [2.05, 4.69) is 5.32 Å². The molecule has 1 atom stereocenters. The van der Waals surface area contributed by atoms with Crippen molar-refractivity contribution < 1.29 is 18.0 Å². The largest absolute Gasteiger partial charge is 0.350 e. The molecule has 0 fully saturated rings. The van der Waals surface area contributed by atoms with Crippen LogP contribution in [-0.2, 0) is 32.6 Å². The van der Waals surface area contributed by atoms with Crippen LogP contribution in [0.25, 0.3) is 0 Å². The van der Waals surface area contributed by atoms with E-state index in [0.29, 0.717) is 10.7 Å². The number of carbonyl (C=O) groups is 2. The number of halogens is 1. The van der Waals surface area contributed by atoms with Crippen LogP contribution in [0.1, 0.15) is 48.6 Å². The number of nitrogens with zero attached hydrogens (tertiary/aromatic N) is 2. The summed E-state index contributed by atoms with van der Waals surface area (Å²) in [4.78, 5) is 30.1. The Morgan fingerprint density at radius 2 is 1.43 bits per heavy atom. The first-order chi connectivity index (χ1) is 21.6. The Labute approximate surface area is 278 Å². The van der Waals surface area contributed by atoms with Crippen molar-refractivity contribution in [2.75, 3.05) is 10.8 Å². The molecule has 242 valence electrons. The van der Waals surface area contributed by atoms with Crippen molar-refractivity contribution in [1.29, 1.82) is 0 Å². The first kappa shape index (κ1) is 34.7. The molecule has 4 rings (SSSR count). The van der Waals surface area contributed by atoms with E-state index in [4.69, 9.17) is 11.6 Å². The van der Waals surface area contributed by atoms with E-state index in [1.54, 1.807) is 60.7 Å². The zero-order valence-corrected chi connectivity index (χ0v) is 28.8. The second kappa shape index (κ2) is 14.5. The highest BCUT2D eigenvalue weighted by atomic mass is 35.5. The molecule has 0 aliphatic carbocycles. The number of sulfonamides is 1. The fourth-order valence-electron chi connectivity index (χ4n) is 5.04. The molecule has 0 saturated heterocycles. The molecule has 9 heteroatoms. The summed E-state index contributed by atoms with van der Waals surface area (Å²) in [5.74, 6) is -0.855. The predicted molar refractivity (Wildman–Crippen MR) is 185 cm³/mol. The van der Waals surface area contributed by atoms with Crippen molar-refractivity contribution in [2.45, 2.75) is 71.0 Å². The second-order valence-corrected chi connectivity index (χ2v) is 15.0. The van der Waals surface area contributed by atoms with Crippen LogP contribution >= 0.6 is 11.6 Å². The Hall–Kier alpha value is -4.14. The number of rotatable bonds is 11. The zero-order chi connectivity index (χ0) is 33.6. The van der Waals surface area contributed by atoms with Gasteiger partial charge in [-0.25, -0.2) is 8.42 Å². The van der Waals surface area contributed by atoms with E-state index < -0.39 is 34.1 Å². The zero-order valence-electron chi connectivity index (χ0n) is 27.2.